The van der Waals surface area contributed by atoms with Crippen LogP contribution in [0.1, 0.15) is 11.1 Å². The Balaban J connectivity index is 1.39. The van der Waals surface area contributed by atoms with Gasteiger partial charge in [0, 0.05) is 23.2 Å². The summed E-state index contributed by atoms with van der Waals surface area (Å²) in [5, 5.41) is 47.6. The molecule has 2 aromatic carbocycles. The topological polar surface area (TPSA) is 141 Å². The number of aliphatic hydroxyl groups excluding tert-OH is 4. The zero-order valence-electron chi connectivity index (χ0n) is 19.2. The van der Waals surface area contributed by atoms with Gasteiger partial charge in [0.25, 0.3) is 0 Å². The van der Waals surface area contributed by atoms with Crippen LogP contribution in [0.2, 0.25) is 0 Å². The summed E-state index contributed by atoms with van der Waals surface area (Å²) in [7, 11) is 0. The monoisotopic (exact) mass is 487 g/mol. The van der Waals surface area contributed by atoms with Gasteiger partial charge in [-0.2, -0.15) is 5.10 Å². The number of ether oxygens (including phenoxy) is 2. The highest BCUT2D eigenvalue weighted by atomic mass is 16.5. The molecule has 0 aliphatic carbocycles. The number of aromatic nitrogens is 3. The maximum atomic E-state index is 10.3. The quantitative estimate of drug-likeness (QED) is 0.266. The number of nitrogens with zero attached hydrogens (tertiary/aromatic N) is 2. The molecule has 1 aliphatic rings. The van der Waals surface area contributed by atoms with Crippen molar-refractivity contribution in [2.45, 2.75) is 37.1 Å². The van der Waals surface area contributed by atoms with E-state index < -0.39 is 37.1 Å². The van der Waals surface area contributed by atoms with Crippen molar-refractivity contribution in [1.82, 2.24) is 15.2 Å². The zero-order chi connectivity index (χ0) is 25.1. The number of pyridine rings is 1. The predicted molar refractivity (Wildman–Crippen MR) is 131 cm³/mol. The summed E-state index contributed by atoms with van der Waals surface area (Å²) in [6.45, 7) is -0.0900. The molecular weight excluding hydrogens is 462 g/mol. The van der Waals surface area contributed by atoms with Gasteiger partial charge in [0.1, 0.15) is 37.1 Å². The van der Waals surface area contributed by atoms with Gasteiger partial charge in [-0.1, -0.05) is 42.2 Å². The van der Waals surface area contributed by atoms with E-state index in [1.165, 1.54) is 0 Å². The van der Waals surface area contributed by atoms with Crippen LogP contribution in [0.4, 0.5) is 0 Å². The fraction of sp³-hybridized carbons (Fsp3) is 0.259. The molecule has 1 aliphatic heterocycles. The molecule has 1 saturated heterocycles. The maximum Gasteiger partial charge on any atom is 0.213 e. The standard InChI is InChI=1S/C27H25N3O6/c31-14-22-26(33)27(34)25(32)21(36-22)8-6-17-10-19(11-20-13-29-30-24(17)20)18-7-9-23(28-12-18)35-15-16-4-2-1-3-5-16/h1-5,7,9-13,21-22,25-27,31-34H,14-15H2,(H,29,30)/t21?,22?,25?,26-,27?/m1/s1. The summed E-state index contributed by atoms with van der Waals surface area (Å²) < 4.78 is 11.3. The van der Waals surface area contributed by atoms with E-state index in [0.29, 0.717) is 23.6 Å². The van der Waals surface area contributed by atoms with Gasteiger partial charge < -0.3 is 29.9 Å². The summed E-state index contributed by atoms with van der Waals surface area (Å²) in [6, 6.07) is 17.4. The molecule has 9 nitrogen and oxygen atoms in total. The lowest BCUT2D eigenvalue weighted by Crippen LogP contribution is -2.58. The fourth-order valence-corrected chi connectivity index (χ4v) is 4.06. The van der Waals surface area contributed by atoms with Gasteiger partial charge >= 0.3 is 0 Å². The molecule has 36 heavy (non-hydrogen) atoms. The molecule has 4 aromatic rings. The summed E-state index contributed by atoms with van der Waals surface area (Å²) >= 11 is 0. The molecule has 0 amide bonds. The van der Waals surface area contributed by atoms with Crippen LogP contribution in [0, 0.1) is 11.8 Å². The van der Waals surface area contributed by atoms with Crippen LogP contribution in [-0.4, -0.2) is 72.7 Å². The van der Waals surface area contributed by atoms with Gasteiger partial charge in [0.05, 0.1) is 23.9 Å². The zero-order valence-corrected chi connectivity index (χ0v) is 19.2. The Morgan fingerprint density at radius 3 is 2.53 bits per heavy atom. The van der Waals surface area contributed by atoms with E-state index >= 15 is 0 Å². The van der Waals surface area contributed by atoms with Crippen LogP contribution >= 0.6 is 0 Å². The van der Waals surface area contributed by atoms with E-state index in [2.05, 4.69) is 27.0 Å². The Bertz CT molecular complexity index is 1380. The second-order valence-electron chi connectivity index (χ2n) is 8.54. The van der Waals surface area contributed by atoms with Crippen LogP contribution in [-0.2, 0) is 11.3 Å². The highest BCUT2D eigenvalue weighted by Gasteiger charge is 2.42. The Hall–Kier alpha value is -3.78. The first-order chi connectivity index (χ1) is 17.5. The van der Waals surface area contributed by atoms with Gasteiger partial charge in [-0.05, 0) is 29.3 Å². The summed E-state index contributed by atoms with van der Waals surface area (Å²) in [4.78, 5) is 4.42. The summed E-state index contributed by atoms with van der Waals surface area (Å²) in [5.41, 5.74) is 4.05. The van der Waals surface area contributed by atoms with Crippen molar-refractivity contribution >= 4 is 10.9 Å². The number of aliphatic hydroxyl groups is 4. The van der Waals surface area contributed by atoms with Crippen molar-refractivity contribution in [3.8, 4) is 28.8 Å². The van der Waals surface area contributed by atoms with E-state index in [9.17, 15) is 20.4 Å². The van der Waals surface area contributed by atoms with Gasteiger partial charge in [-0.25, -0.2) is 4.98 Å². The second kappa shape index (κ2) is 10.5. The normalized spacial score (nSPS) is 23.7. The Morgan fingerprint density at radius 1 is 0.944 bits per heavy atom. The van der Waals surface area contributed by atoms with Gasteiger partial charge in [-0.15, -0.1) is 0 Å². The largest absolute Gasteiger partial charge is 0.473 e. The lowest BCUT2D eigenvalue weighted by atomic mass is 9.95. The predicted octanol–water partition coefficient (Wildman–Crippen LogP) is 1.40. The fourth-order valence-electron chi connectivity index (χ4n) is 4.06. The lowest BCUT2D eigenvalue weighted by Gasteiger charge is -2.37. The van der Waals surface area contributed by atoms with Crippen molar-refractivity contribution in [3.05, 3.63) is 78.1 Å². The first kappa shape index (κ1) is 23.9. The molecule has 3 heterocycles. The number of nitrogens with one attached hydrogen (secondary N) is 1. The van der Waals surface area contributed by atoms with Gasteiger partial charge in [0.2, 0.25) is 5.88 Å². The molecule has 0 bridgehead atoms. The van der Waals surface area contributed by atoms with E-state index in [1.54, 1.807) is 18.5 Å². The lowest BCUT2D eigenvalue weighted by molar-refractivity contribution is -0.214. The average Bonchev–Trinajstić information content (AvgIpc) is 3.40. The third-order valence-electron chi connectivity index (χ3n) is 6.09. The summed E-state index contributed by atoms with van der Waals surface area (Å²) in [6.07, 6.45) is -3.05. The highest BCUT2D eigenvalue weighted by molar-refractivity contribution is 5.89. The van der Waals surface area contributed by atoms with Crippen LogP contribution in [0.15, 0.2) is 67.0 Å². The molecule has 5 N–H and O–H groups in total. The van der Waals surface area contributed by atoms with Crippen molar-refractivity contribution in [2.24, 2.45) is 0 Å². The third-order valence-corrected chi connectivity index (χ3v) is 6.09. The number of benzene rings is 2. The average molecular weight is 488 g/mol. The summed E-state index contributed by atoms with van der Waals surface area (Å²) in [5.74, 6) is 6.31. The van der Waals surface area contributed by atoms with E-state index in [0.717, 1.165) is 22.1 Å². The number of hydrogen-bond acceptors (Lipinski definition) is 8. The molecule has 4 unspecified atom stereocenters. The van der Waals surface area contributed by atoms with Crippen molar-refractivity contribution in [2.75, 3.05) is 6.61 Å². The minimum Gasteiger partial charge on any atom is -0.473 e. The van der Waals surface area contributed by atoms with Gasteiger partial charge in [-0.3, -0.25) is 5.10 Å². The number of H-pyrrole nitrogens is 1. The Labute approximate surface area is 207 Å². The van der Waals surface area contributed by atoms with E-state index in [4.69, 9.17) is 9.47 Å². The minimum atomic E-state index is -1.48. The van der Waals surface area contributed by atoms with Crippen LogP contribution in [0.25, 0.3) is 22.0 Å². The Kier molecular flexibility index (Phi) is 6.95. The molecule has 5 rings (SSSR count). The minimum absolute atomic E-state index is 0.422. The molecular formula is C27H25N3O6. The number of hydrogen-bond donors (Lipinski definition) is 5. The third kappa shape index (κ3) is 4.95. The molecule has 0 spiro atoms. The molecule has 2 aromatic heterocycles. The van der Waals surface area contributed by atoms with Crippen LogP contribution in [0.5, 0.6) is 5.88 Å². The van der Waals surface area contributed by atoms with Gasteiger partial charge in [0.15, 0.2) is 0 Å². The van der Waals surface area contributed by atoms with Crippen molar-refractivity contribution in [3.63, 3.8) is 0 Å². The highest BCUT2D eigenvalue weighted by Crippen LogP contribution is 2.27. The number of fused-ring (bicyclic) bond motifs is 1. The van der Waals surface area contributed by atoms with Crippen LogP contribution in [0.3, 0.4) is 0 Å². The van der Waals surface area contributed by atoms with E-state index in [1.807, 2.05) is 48.5 Å². The van der Waals surface area contributed by atoms with Crippen LogP contribution < -0.4 is 4.74 Å². The molecule has 0 saturated carbocycles. The Morgan fingerprint density at radius 2 is 1.78 bits per heavy atom. The van der Waals surface area contributed by atoms with Crippen molar-refractivity contribution in [1.29, 1.82) is 0 Å². The molecule has 0 radical (unpaired) electrons. The van der Waals surface area contributed by atoms with E-state index in [-0.39, 0.29) is 0 Å². The van der Waals surface area contributed by atoms with Crippen molar-refractivity contribution < 1.29 is 29.9 Å². The first-order valence-corrected chi connectivity index (χ1v) is 11.5. The molecule has 9 heteroatoms. The molecule has 184 valence electrons. The number of aromatic amines is 1. The molecule has 1 fully saturated rings. The smallest absolute Gasteiger partial charge is 0.213 e. The second-order valence-corrected chi connectivity index (χ2v) is 8.54. The first-order valence-electron chi connectivity index (χ1n) is 11.5. The maximum absolute atomic E-state index is 10.3. The number of rotatable bonds is 5. The molecule has 5 atom stereocenters. The SMILES string of the molecule is OCC1OC(C#Cc2cc(-c3ccc(OCc4ccccc4)nc3)cc3cn[nH]c23)C(O)C(O)[C@@H]1O.